The van der Waals surface area contributed by atoms with Crippen LogP contribution in [0.3, 0.4) is 0 Å². The van der Waals surface area contributed by atoms with Crippen LogP contribution in [-0.2, 0) is 9.59 Å². The first-order valence-corrected chi connectivity index (χ1v) is 12.0. The second kappa shape index (κ2) is 8.75. The first kappa shape index (κ1) is 24.3. The Morgan fingerprint density at radius 1 is 1.06 bits per heavy atom. The van der Waals surface area contributed by atoms with E-state index in [1.807, 2.05) is 18.2 Å². The van der Waals surface area contributed by atoms with Crippen molar-refractivity contribution >= 4 is 58.5 Å². The number of carbonyl (C=O) groups is 3. The summed E-state index contributed by atoms with van der Waals surface area (Å²) in [7, 11) is 0. The van der Waals surface area contributed by atoms with Crippen LogP contribution in [0.1, 0.15) is 58.1 Å². The molecule has 2 aromatic rings. The van der Waals surface area contributed by atoms with Crippen molar-refractivity contribution in [3.63, 3.8) is 0 Å². The lowest BCUT2D eigenvalue weighted by Crippen LogP contribution is -2.54. The van der Waals surface area contributed by atoms with Gasteiger partial charge in [-0.2, -0.15) is 0 Å². The highest BCUT2D eigenvalue weighted by atomic mass is 35.5. The van der Waals surface area contributed by atoms with Gasteiger partial charge in [0.1, 0.15) is 5.57 Å². The molecule has 0 aromatic heterocycles. The molecule has 1 saturated heterocycles. The zero-order valence-corrected chi connectivity index (χ0v) is 21.3. The summed E-state index contributed by atoms with van der Waals surface area (Å²) in [5, 5.41) is 2.73. The first-order chi connectivity index (χ1) is 15.9. The van der Waals surface area contributed by atoms with Crippen molar-refractivity contribution in [1.29, 1.82) is 0 Å². The molecule has 1 fully saturated rings. The van der Waals surface area contributed by atoms with Crippen LogP contribution in [0.4, 0.5) is 16.2 Å². The molecule has 0 bridgehead atoms. The second-order valence-electron chi connectivity index (χ2n) is 9.76. The molecule has 0 spiro atoms. The molecular weight excluding hydrogens is 473 g/mol. The number of anilines is 2. The largest absolute Gasteiger partial charge is 0.364 e. The molecule has 0 saturated carbocycles. The van der Waals surface area contributed by atoms with E-state index in [1.165, 1.54) is 29.8 Å². The molecule has 2 aromatic carbocycles. The van der Waals surface area contributed by atoms with Crippen molar-refractivity contribution in [3.05, 3.63) is 63.1 Å². The molecule has 1 N–H and O–H groups in total. The highest BCUT2D eigenvalue weighted by Crippen LogP contribution is 2.45. The van der Waals surface area contributed by atoms with Crippen molar-refractivity contribution in [2.75, 3.05) is 9.80 Å². The Kier molecular flexibility index (Phi) is 6.25. The Morgan fingerprint density at radius 3 is 2.41 bits per heavy atom. The maximum absolute atomic E-state index is 13.2. The minimum atomic E-state index is -0.834. The number of nitrogens with one attached hydrogen (secondary N) is 1. The van der Waals surface area contributed by atoms with Crippen LogP contribution in [0.5, 0.6) is 0 Å². The van der Waals surface area contributed by atoms with Gasteiger partial charge in [0.2, 0.25) is 0 Å². The number of fused-ring (bicyclic) bond motifs is 1. The van der Waals surface area contributed by atoms with Crippen molar-refractivity contribution in [3.8, 4) is 0 Å². The zero-order chi connectivity index (χ0) is 24.9. The van der Waals surface area contributed by atoms with E-state index in [2.05, 4.69) is 44.8 Å². The van der Waals surface area contributed by atoms with Crippen LogP contribution in [0, 0.1) is 0 Å². The molecule has 0 radical (unpaired) electrons. The molecule has 2 aliphatic rings. The predicted molar refractivity (Wildman–Crippen MR) is 137 cm³/mol. The number of benzene rings is 2. The maximum Gasteiger partial charge on any atom is 0.335 e. The minimum Gasteiger partial charge on any atom is -0.364 e. The van der Waals surface area contributed by atoms with Gasteiger partial charge in [-0.3, -0.25) is 14.9 Å². The van der Waals surface area contributed by atoms with Gasteiger partial charge in [0.05, 0.1) is 15.7 Å². The smallest absolute Gasteiger partial charge is 0.335 e. The number of rotatable bonds is 3. The van der Waals surface area contributed by atoms with Gasteiger partial charge in [0, 0.05) is 17.3 Å². The van der Waals surface area contributed by atoms with Gasteiger partial charge in [0.25, 0.3) is 11.8 Å². The predicted octanol–water partition coefficient (Wildman–Crippen LogP) is 6.16. The summed E-state index contributed by atoms with van der Waals surface area (Å²) >= 11 is 12.0. The molecule has 2 aliphatic heterocycles. The van der Waals surface area contributed by atoms with E-state index in [-0.39, 0.29) is 21.8 Å². The fraction of sp³-hybridized carbons (Fsp3) is 0.346. The molecule has 1 unspecified atom stereocenters. The quantitative estimate of drug-likeness (QED) is 0.405. The molecule has 178 valence electrons. The molecule has 34 heavy (non-hydrogen) atoms. The number of imide groups is 2. The third kappa shape index (κ3) is 4.21. The topological polar surface area (TPSA) is 69.7 Å². The van der Waals surface area contributed by atoms with Gasteiger partial charge in [0.15, 0.2) is 0 Å². The van der Waals surface area contributed by atoms with Crippen LogP contribution in [0.25, 0.3) is 6.08 Å². The Bertz CT molecular complexity index is 1240. The minimum absolute atomic E-state index is 0.0144. The highest BCUT2D eigenvalue weighted by Gasteiger charge is 2.39. The molecule has 4 amide bonds. The lowest BCUT2D eigenvalue weighted by molar-refractivity contribution is -0.122. The summed E-state index contributed by atoms with van der Waals surface area (Å²) in [5.41, 5.74) is 3.16. The van der Waals surface area contributed by atoms with Gasteiger partial charge in [-0.25, -0.2) is 9.69 Å². The van der Waals surface area contributed by atoms with Gasteiger partial charge in [-0.1, -0.05) is 36.2 Å². The molecule has 4 rings (SSSR count). The third-order valence-corrected chi connectivity index (χ3v) is 7.13. The number of halogens is 2. The van der Waals surface area contributed by atoms with Crippen molar-refractivity contribution in [1.82, 2.24) is 5.32 Å². The van der Waals surface area contributed by atoms with E-state index >= 15 is 0 Å². The molecular formula is C26H27Cl2N3O3. The summed E-state index contributed by atoms with van der Waals surface area (Å²) in [6, 6.07) is 9.87. The second-order valence-corrected chi connectivity index (χ2v) is 10.6. The van der Waals surface area contributed by atoms with Crippen molar-refractivity contribution < 1.29 is 14.4 Å². The van der Waals surface area contributed by atoms with Crippen molar-refractivity contribution in [2.24, 2.45) is 0 Å². The Hall–Kier alpha value is -2.83. The Labute approximate surface area is 209 Å². The van der Waals surface area contributed by atoms with Crippen LogP contribution in [0.15, 0.2) is 42.0 Å². The third-order valence-electron chi connectivity index (χ3n) is 6.39. The van der Waals surface area contributed by atoms with Gasteiger partial charge in [-0.05, 0) is 87.6 Å². The van der Waals surface area contributed by atoms with E-state index in [9.17, 15) is 14.4 Å². The van der Waals surface area contributed by atoms with E-state index in [0.29, 0.717) is 17.0 Å². The number of carbonyl (C=O) groups excluding carboxylic acids is 3. The molecule has 6 nitrogen and oxygen atoms in total. The van der Waals surface area contributed by atoms with E-state index in [1.54, 1.807) is 0 Å². The summed E-state index contributed by atoms with van der Waals surface area (Å²) in [4.78, 5) is 41.6. The summed E-state index contributed by atoms with van der Waals surface area (Å²) in [6.07, 6.45) is 2.51. The lowest BCUT2D eigenvalue weighted by Gasteiger charge is -2.50. The number of barbiturate groups is 1. The average Bonchev–Trinajstić information content (AvgIpc) is 2.73. The maximum atomic E-state index is 13.2. The standard InChI is InChI=1S/C26H27Cl2N3O3/c1-14(2)31-22-9-6-16(10-18(22)15(3)13-26(31,4)5)11-19-23(32)29-25(34)30(24(19)33)17-7-8-20(27)21(28)12-17/h6-12,14-15H,13H2,1-5H3,(H,29,32,34)/b19-11+. The van der Waals surface area contributed by atoms with Gasteiger partial charge < -0.3 is 4.90 Å². The van der Waals surface area contributed by atoms with Crippen LogP contribution < -0.4 is 15.1 Å². The van der Waals surface area contributed by atoms with Crippen LogP contribution in [-0.4, -0.2) is 29.4 Å². The number of amides is 4. The summed E-state index contributed by atoms with van der Waals surface area (Å²) in [6.45, 7) is 11.1. The number of nitrogens with zero attached hydrogens (tertiary/aromatic N) is 2. The zero-order valence-electron chi connectivity index (χ0n) is 19.8. The summed E-state index contributed by atoms with van der Waals surface area (Å²) < 4.78 is 0. The number of urea groups is 1. The number of hydrogen-bond acceptors (Lipinski definition) is 4. The SMILES string of the molecule is CC1CC(C)(C)N(C(C)C)c2ccc(/C=C3\C(=O)NC(=O)N(c4ccc(Cl)c(Cl)c4)C3=O)cc21. The fourth-order valence-corrected chi connectivity index (χ4v) is 5.51. The van der Waals surface area contributed by atoms with Crippen LogP contribution >= 0.6 is 23.2 Å². The van der Waals surface area contributed by atoms with Gasteiger partial charge in [-0.15, -0.1) is 0 Å². The molecule has 2 heterocycles. The first-order valence-electron chi connectivity index (χ1n) is 11.2. The lowest BCUT2D eigenvalue weighted by atomic mass is 9.78. The Balaban J connectivity index is 1.74. The highest BCUT2D eigenvalue weighted by molar-refractivity contribution is 6.43. The molecule has 8 heteroatoms. The monoisotopic (exact) mass is 499 g/mol. The molecule has 0 aliphatic carbocycles. The normalized spacial score (nSPS) is 21.2. The van der Waals surface area contributed by atoms with E-state index in [0.717, 1.165) is 22.6 Å². The van der Waals surface area contributed by atoms with Crippen molar-refractivity contribution in [2.45, 2.75) is 58.5 Å². The molecule has 1 atom stereocenters. The van der Waals surface area contributed by atoms with Crippen LogP contribution in [0.2, 0.25) is 10.0 Å². The summed E-state index contributed by atoms with van der Waals surface area (Å²) in [5.74, 6) is -1.15. The van der Waals surface area contributed by atoms with E-state index in [4.69, 9.17) is 23.2 Å². The average molecular weight is 500 g/mol. The van der Waals surface area contributed by atoms with Gasteiger partial charge >= 0.3 is 6.03 Å². The number of hydrogen-bond donors (Lipinski definition) is 1. The van der Waals surface area contributed by atoms with E-state index < -0.39 is 17.8 Å². The fourth-order valence-electron chi connectivity index (χ4n) is 5.22. The Morgan fingerprint density at radius 2 is 1.76 bits per heavy atom.